The van der Waals surface area contributed by atoms with Crippen molar-refractivity contribution < 1.29 is 4.39 Å². The smallest absolute Gasteiger partial charge is 0.125 e. The van der Waals surface area contributed by atoms with Gasteiger partial charge in [-0.25, -0.2) is 9.37 Å². The fourth-order valence-electron chi connectivity index (χ4n) is 4.41. The molecule has 3 heterocycles. The molecule has 0 aliphatic carbocycles. The van der Waals surface area contributed by atoms with Crippen molar-refractivity contribution in [3.63, 3.8) is 0 Å². The van der Waals surface area contributed by atoms with Crippen LogP contribution in [0, 0.1) is 5.82 Å². The van der Waals surface area contributed by atoms with Crippen molar-refractivity contribution in [1.29, 1.82) is 0 Å². The molecule has 0 fully saturated rings. The molecule has 3 nitrogen and oxygen atoms in total. The standard InChI is InChI=1S/C22H21BrFN3/c23-17-5-3-14(4-6-17)15-7-8-25-19(11-15)13-21-26-20-12-18(24)10-16-2-1-9-27(21)22(16)20/h3-7,10,12,19,25H,1-2,8-9,11,13H2. The van der Waals surface area contributed by atoms with Crippen LogP contribution in [0.15, 0.2) is 46.9 Å². The Morgan fingerprint density at radius 3 is 2.93 bits per heavy atom. The van der Waals surface area contributed by atoms with Gasteiger partial charge in [-0.15, -0.1) is 0 Å². The molecule has 1 unspecified atom stereocenters. The number of hydrogen-bond donors (Lipinski definition) is 1. The molecule has 138 valence electrons. The number of nitrogens with one attached hydrogen (secondary N) is 1. The van der Waals surface area contributed by atoms with E-state index in [-0.39, 0.29) is 5.82 Å². The van der Waals surface area contributed by atoms with Crippen LogP contribution in [0.1, 0.15) is 29.8 Å². The van der Waals surface area contributed by atoms with Crippen LogP contribution in [-0.4, -0.2) is 22.1 Å². The average Bonchev–Trinajstić information content (AvgIpc) is 3.01. The highest BCUT2D eigenvalue weighted by molar-refractivity contribution is 9.10. The van der Waals surface area contributed by atoms with Crippen LogP contribution in [-0.2, 0) is 19.4 Å². The van der Waals surface area contributed by atoms with Gasteiger partial charge in [0, 0.05) is 36.1 Å². The zero-order valence-corrected chi connectivity index (χ0v) is 16.6. The van der Waals surface area contributed by atoms with E-state index >= 15 is 0 Å². The van der Waals surface area contributed by atoms with E-state index in [0.29, 0.717) is 6.04 Å². The van der Waals surface area contributed by atoms with Gasteiger partial charge in [-0.3, -0.25) is 0 Å². The molecule has 1 atom stereocenters. The molecule has 0 saturated carbocycles. The quantitative estimate of drug-likeness (QED) is 0.648. The summed E-state index contributed by atoms with van der Waals surface area (Å²) in [5.74, 6) is 0.901. The molecule has 0 spiro atoms. The van der Waals surface area contributed by atoms with Crippen LogP contribution in [0.25, 0.3) is 16.6 Å². The van der Waals surface area contributed by atoms with Gasteiger partial charge in [0.15, 0.2) is 0 Å². The number of benzene rings is 2. The van der Waals surface area contributed by atoms with E-state index in [1.54, 1.807) is 12.1 Å². The zero-order chi connectivity index (χ0) is 18.4. The van der Waals surface area contributed by atoms with E-state index in [0.717, 1.165) is 65.7 Å². The van der Waals surface area contributed by atoms with Gasteiger partial charge in [-0.05, 0) is 54.2 Å². The van der Waals surface area contributed by atoms with E-state index in [1.165, 1.54) is 11.1 Å². The Kier molecular flexibility index (Phi) is 4.37. The summed E-state index contributed by atoms with van der Waals surface area (Å²) in [6, 6.07) is 12.1. The lowest BCUT2D eigenvalue weighted by atomic mass is 9.93. The third-order valence-electron chi connectivity index (χ3n) is 5.66. The second-order valence-corrected chi connectivity index (χ2v) is 8.38. The molecule has 0 bridgehead atoms. The van der Waals surface area contributed by atoms with Crippen LogP contribution in [0.4, 0.5) is 4.39 Å². The third-order valence-corrected chi connectivity index (χ3v) is 6.19. The number of imidazole rings is 1. The maximum Gasteiger partial charge on any atom is 0.125 e. The van der Waals surface area contributed by atoms with E-state index < -0.39 is 0 Å². The fourth-order valence-corrected chi connectivity index (χ4v) is 4.68. The molecule has 2 aromatic carbocycles. The molecular weight excluding hydrogens is 405 g/mol. The zero-order valence-electron chi connectivity index (χ0n) is 15.0. The van der Waals surface area contributed by atoms with Gasteiger partial charge in [-0.1, -0.05) is 34.1 Å². The van der Waals surface area contributed by atoms with E-state index in [1.807, 2.05) is 0 Å². The van der Waals surface area contributed by atoms with Gasteiger partial charge < -0.3 is 9.88 Å². The summed E-state index contributed by atoms with van der Waals surface area (Å²) in [4.78, 5) is 4.81. The number of rotatable bonds is 3. The Hall–Kier alpha value is -1.98. The summed E-state index contributed by atoms with van der Waals surface area (Å²) >= 11 is 3.51. The second-order valence-electron chi connectivity index (χ2n) is 7.47. The maximum atomic E-state index is 13.9. The van der Waals surface area contributed by atoms with Gasteiger partial charge in [0.1, 0.15) is 11.6 Å². The van der Waals surface area contributed by atoms with Crippen LogP contribution in [0.5, 0.6) is 0 Å². The summed E-state index contributed by atoms with van der Waals surface area (Å²) in [6.45, 7) is 1.85. The lowest BCUT2D eigenvalue weighted by Gasteiger charge is -2.25. The summed E-state index contributed by atoms with van der Waals surface area (Å²) in [5.41, 5.74) is 5.70. The topological polar surface area (TPSA) is 29.9 Å². The summed E-state index contributed by atoms with van der Waals surface area (Å²) in [6.07, 6.45) is 6.11. The summed E-state index contributed by atoms with van der Waals surface area (Å²) in [5, 5.41) is 3.61. The number of aryl methyl sites for hydroxylation is 2. The maximum absolute atomic E-state index is 13.9. The minimum atomic E-state index is -0.174. The SMILES string of the molecule is Fc1cc2c3c(c1)nc(CC1CC(c4ccc(Br)cc4)=CCN1)n3CCC2. The van der Waals surface area contributed by atoms with Crippen LogP contribution in [0.3, 0.4) is 0 Å². The first kappa shape index (κ1) is 17.1. The molecule has 27 heavy (non-hydrogen) atoms. The van der Waals surface area contributed by atoms with Crippen molar-refractivity contribution in [2.45, 2.75) is 38.3 Å². The molecule has 1 N–H and O–H groups in total. The normalized spacial score (nSPS) is 19.3. The molecule has 0 amide bonds. The van der Waals surface area contributed by atoms with E-state index in [2.05, 4.69) is 56.2 Å². The minimum Gasteiger partial charge on any atom is -0.328 e. The van der Waals surface area contributed by atoms with Crippen molar-refractivity contribution in [1.82, 2.24) is 14.9 Å². The summed E-state index contributed by atoms with van der Waals surface area (Å²) in [7, 11) is 0. The first-order chi connectivity index (χ1) is 13.2. The van der Waals surface area contributed by atoms with Gasteiger partial charge >= 0.3 is 0 Å². The highest BCUT2D eigenvalue weighted by atomic mass is 79.9. The molecular formula is C22H21BrFN3. The number of halogens is 2. The highest BCUT2D eigenvalue weighted by Gasteiger charge is 2.23. The largest absolute Gasteiger partial charge is 0.328 e. The summed E-state index contributed by atoms with van der Waals surface area (Å²) < 4.78 is 17.3. The predicted molar refractivity (Wildman–Crippen MR) is 110 cm³/mol. The third kappa shape index (κ3) is 3.23. The Bertz CT molecular complexity index is 1040. The van der Waals surface area contributed by atoms with Crippen molar-refractivity contribution >= 4 is 32.5 Å². The molecule has 1 aromatic heterocycles. The molecule has 0 radical (unpaired) electrons. The van der Waals surface area contributed by atoms with Gasteiger partial charge in [0.25, 0.3) is 0 Å². The molecule has 5 rings (SSSR count). The fraction of sp³-hybridized carbons (Fsp3) is 0.318. The predicted octanol–water partition coefficient (Wildman–Crippen LogP) is 4.87. The Labute approximate surface area is 166 Å². The lowest BCUT2D eigenvalue weighted by Crippen LogP contribution is -2.35. The molecule has 2 aliphatic heterocycles. The van der Waals surface area contributed by atoms with Crippen LogP contribution < -0.4 is 5.32 Å². The number of hydrogen-bond acceptors (Lipinski definition) is 2. The lowest BCUT2D eigenvalue weighted by molar-refractivity contribution is 0.501. The molecule has 0 saturated heterocycles. The first-order valence-electron chi connectivity index (χ1n) is 9.53. The van der Waals surface area contributed by atoms with Crippen molar-refractivity contribution in [2.75, 3.05) is 6.54 Å². The van der Waals surface area contributed by atoms with E-state index in [9.17, 15) is 4.39 Å². The van der Waals surface area contributed by atoms with Gasteiger partial charge in [-0.2, -0.15) is 0 Å². The van der Waals surface area contributed by atoms with E-state index in [4.69, 9.17) is 4.98 Å². The van der Waals surface area contributed by atoms with Crippen LogP contribution in [0.2, 0.25) is 0 Å². The average molecular weight is 426 g/mol. The molecule has 3 aromatic rings. The van der Waals surface area contributed by atoms with Crippen molar-refractivity contribution in [3.8, 4) is 0 Å². The highest BCUT2D eigenvalue weighted by Crippen LogP contribution is 2.30. The van der Waals surface area contributed by atoms with Gasteiger partial charge in [0.2, 0.25) is 0 Å². The van der Waals surface area contributed by atoms with Crippen molar-refractivity contribution in [2.24, 2.45) is 0 Å². The Morgan fingerprint density at radius 1 is 1.22 bits per heavy atom. The minimum absolute atomic E-state index is 0.174. The Morgan fingerprint density at radius 2 is 2.07 bits per heavy atom. The monoisotopic (exact) mass is 425 g/mol. The van der Waals surface area contributed by atoms with Gasteiger partial charge in [0.05, 0.1) is 11.0 Å². The van der Waals surface area contributed by atoms with Crippen molar-refractivity contribution in [3.05, 3.63) is 69.7 Å². The number of nitrogens with zero attached hydrogens (tertiary/aromatic N) is 2. The Balaban J connectivity index is 1.42. The first-order valence-corrected chi connectivity index (χ1v) is 10.3. The van der Waals surface area contributed by atoms with Crippen LogP contribution >= 0.6 is 15.9 Å². The molecule has 5 heteroatoms. The second kappa shape index (κ2) is 6.88. The molecule has 2 aliphatic rings. The number of aromatic nitrogens is 2.